The molecule has 2 heterocycles. The van der Waals surface area contributed by atoms with Crippen LogP contribution in [0.5, 0.6) is 11.5 Å². The molecule has 1 N–H and O–H groups in total. The van der Waals surface area contributed by atoms with Gasteiger partial charge in [-0.05, 0) is 74.2 Å². The normalized spacial score (nSPS) is 27.8. The maximum Gasteiger partial charge on any atom is 0.176 e. The van der Waals surface area contributed by atoms with E-state index in [1.165, 1.54) is 64.7 Å². The molecular formula is C21H31ClN2O2. The average molecular weight is 379 g/mol. The number of rotatable bonds is 5. The predicted molar refractivity (Wildman–Crippen MR) is 105 cm³/mol. The molecule has 1 spiro atoms. The Balaban J connectivity index is 1.38. The van der Waals surface area contributed by atoms with Crippen molar-refractivity contribution in [3.63, 3.8) is 0 Å². The van der Waals surface area contributed by atoms with Crippen LogP contribution in [0.3, 0.4) is 0 Å². The summed E-state index contributed by atoms with van der Waals surface area (Å²) in [5.41, 5.74) is 1.59. The number of aromatic hydroxyl groups is 1. The monoisotopic (exact) mass is 378 g/mol. The molecule has 5 heteroatoms. The first-order valence-electron chi connectivity index (χ1n) is 10.1. The van der Waals surface area contributed by atoms with E-state index in [0.717, 1.165) is 24.6 Å². The van der Waals surface area contributed by atoms with Gasteiger partial charge in [0.05, 0.1) is 12.1 Å². The van der Waals surface area contributed by atoms with Gasteiger partial charge in [0.15, 0.2) is 11.5 Å². The SMILES string of the molecule is COc1cc(CN2CCC3(CCCN(CC4CCC4)C3)C2)cc(Cl)c1O. The van der Waals surface area contributed by atoms with Crippen molar-refractivity contribution in [2.24, 2.45) is 11.3 Å². The van der Waals surface area contributed by atoms with Gasteiger partial charge < -0.3 is 14.7 Å². The van der Waals surface area contributed by atoms with Gasteiger partial charge in [-0.25, -0.2) is 0 Å². The molecule has 26 heavy (non-hydrogen) atoms. The highest BCUT2D eigenvalue weighted by molar-refractivity contribution is 6.32. The summed E-state index contributed by atoms with van der Waals surface area (Å²) < 4.78 is 5.25. The lowest BCUT2D eigenvalue weighted by Crippen LogP contribution is -2.47. The van der Waals surface area contributed by atoms with E-state index in [9.17, 15) is 5.11 Å². The van der Waals surface area contributed by atoms with Gasteiger partial charge >= 0.3 is 0 Å². The van der Waals surface area contributed by atoms with Crippen molar-refractivity contribution in [1.29, 1.82) is 0 Å². The first kappa shape index (κ1) is 18.4. The fourth-order valence-electron chi connectivity index (χ4n) is 5.13. The molecule has 4 rings (SSSR count). The van der Waals surface area contributed by atoms with Crippen LogP contribution in [0.1, 0.15) is 44.1 Å². The first-order valence-corrected chi connectivity index (χ1v) is 10.4. The van der Waals surface area contributed by atoms with Crippen molar-refractivity contribution >= 4 is 11.6 Å². The topological polar surface area (TPSA) is 35.9 Å². The lowest BCUT2D eigenvalue weighted by molar-refractivity contribution is 0.0668. The van der Waals surface area contributed by atoms with Crippen LogP contribution in [0, 0.1) is 11.3 Å². The van der Waals surface area contributed by atoms with Crippen LogP contribution in [-0.4, -0.2) is 54.7 Å². The van der Waals surface area contributed by atoms with E-state index in [1.54, 1.807) is 7.11 Å². The van der Waals surface area contributed by atoms with Gasteiger partial charge in [-0.15, -0.1) is 0 Å². The third-order valence-electron chi connectivity index (χ3n) is 6.71. The molecule has 0 bridgehead atoms. The molecule has 2 saturated heterocycles. The maximum absolute atomic E-state index is 9.93. The number of likely N-dealkylation sites (tertiary alicyclic amines) is 2. The van der Waals surface area contributed by atoms with Crippen LogP contribution in [0.2, 0.25) is 5.02 Å². The quantitative estimate of drug-likeness (QED) is 0.835. The summed E-state index contributed by atoms with van der Waals surface area (Å²) in [6.45, 7) is 7.10. The second kappa shape index (κ2) is 7.57. The minimum absolute atomic E-state index is 0.0368. The van der Waals surface area contributed by atoms with E-state index in [2.05, 4.69) is 9.80 Å². The molecule has 1 aliphatic carbocycles. The Hall–Kier alpha value is -0.970. The van der Waals surface area contributed by atoms with E-state index in [-0.39, 0.29) is 5.75 Å². The third-order valence-corrected chi connectivity index (χ3v) is 7.00. The molecule has 1 saturated carbocycles. The zero-order valence-corrected chi connectivity index (χ0v) is 16.6. The van der Waals surface area contributed by atoms with Gasteiger partial charge in [-0.3, -0.25) is 4.90 Å². The van der Waals surface area contributed by atoms with Gasteiger partial charge in [0, 0.05) is 26.2 Å². The van der Waals surface area contributed by atoms with Crippen molar-refractivity contribution in [2.45, 2.75) is 45.1 Å². The molecule has 1 unspecified atom stereocenters. The van der Waals surface area contributed by atoms with E-state index >= 15 is 0 Å². The van der Waals surface area contributed by atoms with Crippen LogP contribution in [-0.2, 0) is 6.54 Å². The predicted octanol–water partition coefficient (Wildman–Crippen LogP) is 4.14. The number of benzene rings is 1. The lowest BCUT2D eigenvalue weighted by atomic mass is 9.78. The van der Waals surface area contributed by atoms with Crippen molar-refractivity contribution < 1.29 is 9.84 Å². The Kier molecular flexibility index (Phi) is 5.36. The molecule has 3 aliphatic rings. The van der Waals surface area contributed by atoms with E-state index in [4.69, 9.17) is 16.3 Å². The number of ether oxygens (including phenoxy) is 1. The molecule has 1 atom stereocenters. The van der Waals surface area contributed by atoms with E-state index < -0.39 is 0 Å². The summed E-state index contributed by atoms with van der Waals surface area (Å²) in [6.07, 6.45) is 8.34. The number of piperidine rings is 1. The maximum atomic E-state index is 9.93. The molecule has 4 nitrogen and oxygen atoms in total. The number of phenols is 1. The highest BCUT2D eigenvalue weighted by atomic mass is 35.5. The Bertz CT molecular complexity index is 649. The van der Waals surface area contributed by atoms with Crippen molar-refractivity contribution in [3.8, 4) is 11.5 Å². The van der Waals surface area contributed by atoms with Crippen LogP contribution in [0.15, 0.2) is 12.1 Å². The minimum atomic E-state index is 0.0368. The van der Waals surface area contributed by atoms with Crippen LogP contribution in [0.4, 0.5) is 0 Å². The number of halogens is 1. The molecule has 3 fully saturated rings. The van der Waals surface area contributed by atoms with E-state index in [0.29, 0.717) is 16.2 Å². The zero-order chi connectivity index (χ0) is 18.1. The summed E-state index contributed by atoms with van der Waals surface area (Å²) >= 11 is 6.16. The summed E-state index contributed by atoms with van der Waals surface area (Å²) in [5, 5.41) is 10.3. The summed E-state index contributed by atoms with van der Waals surface area (Å²) in [7, 11) is 1.57. The molecule has 0 amide bonds. The molecular weight excluding hydrogens is 348 g/mol. The standard InChI is InChI=1S/C21H31ClN2O2/c1-26-19-11-17(10-18(22)20(19)25)13-24-9-7-21(15-24)6-3-8-23(14-21)12-16-4-2-5-16/h10-11,16,25H,2-9,12-15H2,1H3. The Morgan fingerprint density at radius 1 is 1.15 bits per heavy atom. The molecule has 0 radical (unpaired) electrons. The summed E-state index contributed by atoms with van der Waals surface area (Å²) in [4.78, 5) is 5.30. The van der Waals surface area contributed by atoms with Gasteiger partial charge in [0.2, 0.25) is 0 Å². The zero-order valence-electron chi connectivity index (χ0n) is 15.8. The van der Waals surface area contributed by atoms with Gasteiger partial charge in [-0.2, -0.15) is 0 Å². The van der Waals surface area contributed by atoms with Crippen LogP contribution < -0.4 is 4.74 Å². The number of hydrogen-bond acceptors (Lipinski definition) is 4. The third kappa shape index (κ3) is 3.83. The van der Waals surface area contributed by atoms with E-state index in [1.807, 2.05) is 12.1 Å². The number of hydrogen-bond donors (Lipinski definition) is 1. The molecule has 2 aliphatic heterocycles. The highest BCUT2D eigenvalue weighted by Gasteiger charge is 2.41. The summed E-state index contributed by atoms with van der Waals surface area (Å²) in [5.74, 6) is 1.47. The fraction of sp³-hybridized carbons (Fsp3) is 0.714. The Labute approximate surface area is 162 Å². The Morgan fingerprint density at radius 2 is 1.96 bits per heavy atom. The van der Waals surface area contributed by atoms with Crippen molar-refractivity contribution in [2.75, 3.05) is 39.8 Å². The fourth-order valence-corrected chi connectivity index (χ4v) is 5.37. The minimum Gasteiger partial charge on any atom is -0.503 e. The second-order valence-corrected chi connectivity index (χ2v) is 9.13. The number of nitrogens with zero attached hydrogens (tertiary/aromatic N) is 2. The highest BCUT2D eigenvalue weighted by Crippen LogP contribution is 2.41. The Morgan fingerprint density at radius 3 is 2.69 bits per heavy atom. The second-order valence-electron chi connectivity index (χ2n) is 8.72. The van der Waals surface area contributed by atoms with Gasteiger partial charge in [-0.1, -0.05) is 18.0 Å². The van der Waals surface area contributed by atoms with Gasteiger partial charge in [0.1, 0.15) is 0 Å². The smallest absolute Gasteiger partial charge is 0.176 e. The first-order chi connectivity index (χ1) is 12.6. The van der Waals surface area contributed by atoms with Crippen LogP contribution >= 0.6 is 11.6 Å². The summed E-state index contributed by atoms with van der Waals surface area (Å²) in [6, 6.07) is 3.78. The molecule has 144 valence electrons. The lowest BCUT2D eigenvalue weighted by Gasteiger charge is -2.43. The van der Waals surface area contributed by atoms with Gasteiger partial charge in [0.25, 0.3) is 0 Å². The molecule has 1 aromatic carbocycles. The van der Waals surface area contributed by atoms with Crippen molar-refractivity contribution in [1.82, 2.24) is 9.80 Å². The largest absolute Gasteiger partial charge is 0.503 e. The average Bonchev–Trinajstić information content (AvgIpc) is 2.96. The number of phenolic OH excluding ortho intramolecular Hbond substituents is 1. The molecule has 1 aromatic rings. The van der Waals surface area contributed by atoms with Crippen LogP contribution in [0.25, 0.3) is 0 Å². The van der Waals surface area contributed by atoms with Crippen molar-refractivity contribution in [3.05, 3.63) is 22.7 Å². The molecule has 0 aromatic heterocycles. The number of methoxy groups -OCH3 is 1.